The van der Waals surface area contributed by atoms with Gasteiger partial charge in [-0.25, -0.2) is 4.79 Å². The Labute approximate surface area is 109 Å². The molecule has 5 heteroatoms. The van der Waals surface area contributed by atoms with Crippen LogP contribution in [0.5, 0.6) is 0 Å². The second-order valence-electron chi connectivity index (χ2n) is 5.15. The lowest BCUT2D eigenvalue weighted by Crippen LogP contribution is -2.54. The fourth-order valence-corrected chi connectivity index (χ4v) is 2.29. The van der Waals surface area contributed by atoms with E-state index in [0.717, 1.165) is 12.8 Å². The molecule has 5 nitrogen and oxygen atoms in total. The Morgan fingerprint density at radius 2 is 2.11 bits per heavy atom. The first kappa shape index (κ1) is 15.0. The molecule has 1 saturated heterocycles. The van der Waals surface area contributed by atoms with E-state index >= 15 is 0 Å². The SMILES string of the molecule is CCC(C)(CN)C(=O)N1CCCCC1C(=O)OC. The number of likely N-dealkylation sites (tertiary alicyclic amines) is 1. The highest BCUT2D eigenvalue weighted by Crippen LogP contribution is 2.28. The number of ether oxygens (including phenoxy) is 1. The molecular formula is C13H24N2O3. The largest absolute Gasteiger partial charge is 0.467 e. The minimum atomic E-state index is -0.580. The highest BCUT2D eigenvalue weighted by atomic mass is 16.5. The summed E-state index contributed by atoms with van der Waals surface area (Å²) in [5.74, 6) is -0.346. The molecule has 1 aliphatic heterocycles. The Kier molecular flexibility index (Phi) is 5.14. The minimum absolute atomic E-state index is 0.0254. The molecule has 1 fully saturated rings. The average molecular weight is 256 g/mol. The van der Waals surface area contributed by atoms with Gasteiger partial charge in [0.25, 0.3) is 0 Å². The van der Waals surface area contributed by atoms with Crippen molar-refractivity contribution in [2.75, 3.05) is 20.2 Å². The van der Waals surface area contributed by atoms with Gasteiger partial charge in [-0.05, 0) is 32.6 Å². The van der Waals surface area contributed by atoms with E-state index in [2.05, 4.69) is 0 Å². The van der Waals surface area contributed by atoms with E-state index in [1.165, 1.54) is 7.11 Å². The summed E-state index contributed by atoms with van der Waals surface area (Å²) in [6.45, 7) is 4.72. The van der Waals surface area contributed by atoms with E-state index in [1.807, 2.05) is 13.8 Å². The van der Waals surface area contributed by atoms with E-state index in [-0.39, 0.29) is 11.9 Å². The third kappa shape index (κ3) is 2.83. The third-order valence-corrected chi connectivity index (χ3v) is 3.98. The maximum atomic E-state index is 12.6. The van der Waals surface area contributed by atoms with Gasteiger partial charge in [0.15, 0.2) is 0 Å². The molecule has 0 aromatic carbocycles. The first-order valence-corrected chi connectivity index (χ1v) is 6.59. The van der Waals surface area contributed by atoms with Gasteiger partial charge in [0.1, 0.15) is 6.04 Å². The lowest BCUT2D eigenvalue weighted by molar-refractivity contribution is -0.158. The number of methoxy groups -OCH3 is 1. The summed E-state index contributed by atoms with van der Waals surface area (Å²) in [7, 11) is 1.36. The van der Waals surface area contributed by atoms with Crippen molar-refractivity contribution in [3.05, 3.63) is 0 Å². The zero-order chi connectivity index (χ0) is 13.8. The molecule has 18 heavy (non-hydrogen) atoms. The van der Waals surface area contributed by atoms with Crippen LogP contribution in [0, 0.1) is 5.41 Å². The van der Waals surface area contributed by atoms with Crippen molar-refractivity contribution in [3.63, 3.8) is 0 Å². The molecule has 0 aromatic rings. The molecule has 2 atom stereocenters. The van der Waals surface area contributed by atoms with Gasteiger partial charge in [-0.1, -0.05) is 6.92 Å². The molecule has 1 rings (SSSR count). The number of esters is 1. The monoisotopic (exact) mass is 256 g/mol. The second kappa shape index (κ2) is 6.18. The van der Waals surface area contributed by atoms with Crippen molar-refractivity contribution in [2.24, 2.45) is 11.1 Å². The van der Waals surface area contributed by atoms with Crippen LogP contribution in [0.2, 0.25) is 0 Å². The number of nitrogens with two attached hydrogens (primary N) is 1. The van der Waals surface area contributed by atoms with Crippen molar-refractivity contribution in [1.82, 2.24) is 4.90 Å². The molecule has 1 aliphatic rings. The van der Waals surface area contributed by atoms with Crippen molar-refractivity contribution < 1.29 is 14.3 Å². The van der Waals surface area contributed by atoms with Crippen molar-refractivity contribution >= 4 is 11.9 Å². The molecule has 2 N–H and O–H groups in total. The van der Waals surface area contributed by atoms with Gasteiger partial charge in [0, 0.05) is 13.1 Å². The molecule has 0 aromatic heterocycles. The fourth-order valence-electron chi connectivity index (χ4n) is 2.29. The fraction of sp³-hybridized carbons (Fsp3) is 0.846. The number of carbonyl (C=O) groups is 2. The molecule has 1 heterocycles. The van der Waals surface area contributed by atoms with Crippen LogP contribution in [0.1, 0.15) is 39.5 Å². The Morgan fingerprint density at radius 3 is 2.61 bits per heavy atom. The molecule has 104 valence electrons. The van der Waals surface area contributed by atoms with Crippen LogP contribution in [0.15, 0.2) is 0 Å². The molecule has 2 unspecified atom stereocenters. The van der Waals surface area contributed by atoms with E-state index in [0.29, 0.717) is 25.9 Å². The number of amides is 1. The quantitative estimate of drug-likeness (QED) is 0.759. The number of hydrogen-bond acceptors (Lipinski definition) is 4. The van der Waals surface area contributed by atoms with Gasteiger partial charge >= 0.3 is 5.97 Å². The lowest BCUT2D eigenvalue weighted by Gasteiger charge is -2.39. The van der Waals surface area contributed by atoms with Crippen LogP contribution in [-0.4, -0.2) is 43.0 Å². The normalized spacial score (nSPS) is 23.3. The number of piperidine rings is 1. The van der Waals surface area contributed by atoms with Gasteiger partial charge in [0.2, 0.25) is 5.91 Å². The molecule has 0 aliphatic carbocycles. The van der Waals surface area contributed by atoms with Crippen LogP contribution in [-0.2, 0) is 14.3 Å². The summed E-state index contributed by atoms with van der Waals surface area (Å²) >= 11 is 0. The van der Waals surface area contributed by atoms with E-state index < -0.39 is 11.5 Å². The van der Waals surface area contributed by atoms with Crippen LogP contribution < -0.4 is 5.73 Å². The first-order valence-electron chi connectivity index (χ1n) is 6.59. The third-order valence-electron chi connectivity index (χ3n) is 3.98. The van der Waals surface area contributed by atoms with Crippen LogP contribution in [0.4, 0.5) is 0 Å². The standard InChI is InChI=1S/C13H24N2O3/c1-4-13(2,9-14)12(17)15-8-6-5-7-10(15)11(16)18-3/h10H,4-9,14H2,1-3H3. The van der Waals surface area contributed by atoms with Gasteiger partial charge in [-0.3, -0.25) is 4.79 Å². The molecule has 0 saturated carbocycles. The van der Waals surface area contributed by atoms with E-state index in [1.54, 1.807) is 4.90 Å². The van der Waals surface area contributed by atoms with Crippen LogP contribution >= 0.6 is 0 Å². The smallest absolute Gasteiger partial charge is 0.328 e. The highest BCUT2D eigenvalue weighted by Gasteiger charge is 2.40. The zero-order valence-electron chi connectivity index (χ0n) is 11.6. The highest BCUT2D eigenvalue weighted by molar-refractivity contribution is 5.88. The van der Waals surface area contributed by atoms with Crippen molar-refractivity contribution in [1.29, 1.82) is 0 Å². The summed E-state index contributed by atoms with van der Waals surface area (Å²) in [6, 6.07) is -0.436. The Morgan fingerprint density at radius 1 is 1.44 bits per heavy atom. The summed E-state index contributed by atoms with van der Waals surface area (Å²) in [4.78, 5) is 25.9. The minimum Gasteiger partial charge on any atom is -0.467 e. The van der Waals surface area contributed by atoms with Gasteiger partial charge in [0.05, 0.1) is 12.5 Å². The Hall–Kier alpha value is -1.10. The molecular weight excluding hydrogens is 232 g/mol. The first-order chi connectivity index (χ1) is 8.50. The lowest BCUT2D eigenvalue weighted by atomic mass is 9.84. The molecule has 0 spiro atoms. The maximum Gasteiger partial charge on any atom is 0.328 e. The molecule has 0 radical (unpaired) electrons. The molecule has 0 bridgehead atoms. The van der Waals surface area contributed by atoms with Crippen molar-refractivity contribution in [3.8, 4) is 0 Å². The molecule has 1 amide bonds. The number of rotatable bonds is 4. The number of carbonyl (C=O) groups excluding carboxylic acids is 2. The summed E-state index contributed by atoms with van der Waals surface area (Å²) in [6.07, 6.45) is 3.24. The topological polar surface area (TPSA) is 72.6 Å². The predicted octanol–water partition coefficient (Wildman–Crippen LogP) is 0.915. The van der Waals surface area contributed by atoms with E-state index in [4.69, 9.17) is 10.5 Å². The van der Waals surface area contributed by atoms with Crippen molar-refractivity contribution in [2.45, 2.75) is 45.6 Å². The summed E-state index contributed by atoms with van der Waals surface area (Å²) in [5.41, 5.74) is 5.14. The van der Waals surface area contributed by atoms with Gasteiger partial charge in [-0.15, -0.1) is 0 Å². The second-order valence-corrected chi connectivity index (χ2v) is 5.15. The van der Waals surface area contributed by atoms with E-state index in [9.17, 15) is 9.59 Å². The summed E-state index contributed by atoms with van der Waals surface area (Å²) < 4.78 is 4.79. The Bertz CT molecular complexity index is 313. The van der Waals surface area contributed by atoms with Gasteiger partial charge in [-0.2, -0.15) is 0 Å². The Balaban J connectivity index is 2.90. The number of nitrogens with zero attached hydrogens (tertiary/aromatic N) is 1. The summed E-state index contributed by atoms with van der Waals surface area (Å²) in [5, 5.41) is 0. The maximum absolute atomic E-state index is 12.6. The zero-order valence-corrected chi connectivity index (χ0v) is 11.6. The van der Waals surface area contributed by atoms with Crippen LogP contribution in [0.25, 0.3) is 0 Å². The average Bonchev–Trinajstić information content (AvgIpc) is 2.44. The predicted molar refractivity (Wildman–Crippen MR) is 68.8 cm³/mol. The number of hydrogen-bond donors (Lipinski definition) is 1. The van der Waals surface area contributed by atoms with Crippen LogP contribution in [0.3, 0.4) is 0 Å². The van der Waals surface area contributed by atoms with Gasteiger partial charge < -0.3 is 15.4 Å².